The Morgan fingerprint density at radius 3 is 2.66 bits per heavy atom. The number of hydrogen-bond donors (Lipinski definition) is 2. The van der Waals surface area contributed by atoms with Gasteiger partial charge in [0.05, 0.1) is 17.4 Å². The Hall–Kier alpha value is -3.54. The van der Waals surface area contributed by atoms with Gasteiger partial charge in [-0.25, -0.2) is 4.79 Å². The van der Waals surface area contributed by atoms with E-state index < -0.39 is 0 Å². The predicted molar refractivity (Wildman–Crippen MR) is 117 cm³/mol. The summed E-state index contributed by atoms with van der Waals surface area (Å²) in [5.41, 5.74) is 9.71. The fraction of sp³-hybridized carbons (Fsp3) is 0.217. The van der Waals surface area contributed by atoms with Gasteiger partial charge in [0.1, 0.15) is 0 Å². The molecule has 1 aliphatic rings. The molecule has 1 aliphatic heterocycles. The Balaban J connectivity index is 1.54. The first-order valence-electron chi connectivity index (χ1n) is 9.83. The molecule has 0 unspecified atom stereocenters. The maximum absolute atomic E-state index is 13.2. The van der Waals surface area contributed by atoms with Gasteiger partial charge in [-0.05, 0) is 42.3 Å². The summed E-state index contributed by atoms with van der Waals surface area (Å²) in [7, 11) is 0. The number of anilines is 3. The normalized spacial score (nSPS) is 15.9. The third-order valence-electron chi connectivity index (χ3n) is 5.23. The highest BCUT2D eigenvalue weighted by atomic mass is 16.2. The van der Waals surface area contributed by atoms with E-state index in [9.17, 15) is 4.79 Å². The van der Waals surface area contributed by atoms with Crippen LogP contribution in [0.25, 0.3) is 0 Å². The molecule has 2 amide bonds. The predicted octanol–water partition coefficient (Wildman–Crippen LogP) is 3.66. The number of nitrogens with one attached hydrogen (secondary N) is 1. The molecule has 4 rings (SSSR count). The highest BCUT2D eigenvalue weighted by Gasteiger charge is 2.32. The van der Waals surface area contributed by atoms with Gasteiger partial charge in [-0.2, -0.15) is 0 Å². The van der Waals surface area contributed by atoms with Crippen LogP contribution in [0, 0.1) is 0 Å². The highest BCUT2D eigenvalue weighted by molar-refractivity contribution is 5.96. The highest BCUT2D eigenvalue weighted by Crippen LogP contribution is 2.30. The third-order valence-corrected chi connectivity index (χ3v) is 5.23. The smallest absolute Gasteiger partial charge is 0.322 e. The summed E-state index contributed by atoms with van der Waals surface area (Å²) in [6.45, 7) is 2.08. The molecule has 2 aromatic carbocycles. The van der Waals surface area contributed by atoms with Crippen LogP contribution in [0.5, 0.6) is 0 Å². The number of amides is 2. The summed E-state index contributed by atoms with van der Waals surface area (Å²) in [5, 5.41) is 3.03. The average molecular weight is 387 g/mol. The standard InChI is InChI=1S/C23H25N5O/c24-21-10-4-5-11-22(21)28(23(29)26-16-18-7-6-13-25-15-18)20-12-14-27(17-20)19-8-2-1-3-9-19/h1-11,13,15,20H,12,14,16-17,24H2,(H,26,29)/t20-/m0/s1. The zero-order valence-corrected chi connectivity index (χ0v) is 16.2. The maximum atomic E-state index is 13.2. The van der Waals surface area contributed by atoms with Gasteiger partial charge in [0.2, 0.25) is 0 Å². The lowest BCUT2D eigenvalue weighted by Gasteiger charge is -2.30. The van der Waals surface area contributed by atoms with E-state index in [-0.39, 0.29) is 12.1 Å². The Kier molecular flexibility index (Phi) is 5.61. The van der Waals surface area contributed by atoms with Crippen LogP contribution in [0.2, 0.25) is 0 Å². The Labute approximate surface area is 171 Å². The van der Waals surface area contributed by atoms with Crippen LogP contribution in [-0.4, -0.2) is 30.1 Å². The molecular weight excluding hydrogens is 362 g/mol. The van der Waals surface area contributed by atoms with Crippen molar-refractivity contribution < 1.29 is 4.79 Å². The first kappa shape index (κ1) is 18.8. The van der Waals surface area contributed by atoms with E-state index in [4.69, 9.17) is 5.73 Å². The van der Waals surface area contributed by atoms with Gasteiger partial charge in [-0.3, -0.25) is 9.88 Å². The van der Waals surface area contributed by atoms with Crippen LogP contribution in [0.3, 0.4) is 0 Å². The Morgan fingerprint density at radius 1 is 1.10 bits per heavy atom. The second-order valence-electron chi connectivity index (χ2n) is 7.17. The molecule has 0 saturated carbocycles. The third kappa shape index (κ3) is 4.32. The number of hydrogen-bond acceptors (Lipinski definition) is 4. The number of nitrogen functional groups attached to an aromatic ring is 1. The minimum Gasteiger partial charge on any atom is -0.397 e. The molecule has 6 heteroatoms. The van der Waals surface area contributed by atoms with Crippen molar-refractivity contribution in [2.75, 3.05) is 28.6 Å². The van der Waals surface area contributed by atoms with E-state index in [1.165, 1.54) is 5.69 Å². The number of aromatic nitrogens is 1. The molecule has 1 atom stereocenters. The van der Waals surface area contributed by atoms with Gasteiger partial charge in [0, 0.05) is 37.7 Å². The second-order valence-corrected chi connectivity index (χ2v) is 7.17. The first-order valence-corrected chi connectivity index (χ1v) is 9.83. The molecule has 2 heterocycles. The van der Waals surface area contributed by atoms with Gasteiger partial charge in [-0.1, -0.05) is 36.4 Å². The molecule has 0 aliphatic carbocycles. The number of para-hydroxylation sites is 3. The van der Waals surface area contributed by atoms with Crippen molar-refractivity contribution in [3.63, 3.8) is 0 Å². The average Bonchev–Trinajstić information content (AvgIpc) is 3.25. The zero-order chi connectivity index (χ0) is 20.1. The monoisotopic (exact) mass is 387 g/mol. The molecule has 29 heavy (non-hydrogen) atoms. The number of nitrogens with zero attached hydrogens (tertiary/aromatic N) is 3. The van der Waals surface area contributed by atoms with Crippen molar-refractivity contribution in [3.05, 3.63) is 84.7 Å². The van der Waals surface area contributed by atoms with Crippen LogP contribution < -0.4 is 20.9 Å². The quantitative estimate of drug-likeness (QED) is 0.655. The molecule has 6 nitrogen and oxygen atoms in total. The molecule has 3 aromatic rings. The van der Waals surface area contributed by atoms with Crippen LogP contribution in [0.1, 0.15) is 12.0 Å². The minimum atomic E-state index is -0.147. The second kappa shape index (κ2) is 8.65. The fourth-order valence-electron chi connectivity index (χ4n) is 3.77. The molecule has 0 spiro atoms. The summed E-state index contributed by atoms with van der Waals surface area (Å²) in [6, 6.07) is 21.5. The summed E-state index contributed by atoms with van der Waals surface area (Å²) in [5.74, 6) is 0. The zero-order valence-electron chi connectivity index (χ0n) is 16.2. The maximum Gasteiger partial charge on any atom is 0.322 e. The molecule has 1 saturated heterocycles. The van der Waals surface area contributed by atoms with Crippen molar-refractivity contribution in [1.29, 1.82) is 0 Å². The van der Waals surface area contributed by atoms with E-state index in [0.29, 0.717) is 12.2 Å². The number of urea groups is 1. The van der Waals surface area contributed by atoms with Crippen LogP contribution in [-0.2, 0) is 6.54 Å². The van der Waals surface area contributed by atoms with Crippen LogP contribution in [0.4, 0.5) is 21.9 Å². The van der Waals surface area contributed by atoms with E-state index in [2.05, 4.69) is 27.3 Å². The lowest BCUT2D eigenvalue weighted by molar-refractivity contribution is 0.244. The molecule has 3 N–H and O–H groups in total. The number of carbonyl (C=O) groups is 1. The van der Waals surface area contributed by atoms with Gasteiger partial charge in [-0.15, -0.1) is 0 Å². The Morgan fingerprint density at radius 2 is 1.90 bits per heavy atom. The first-order chi connectivity index (χ1) is 14.2. The summed E-state index contributed by atoms with van der Waals surface area (Å²) >= 11 is 0. The summed E-state index contributed by atoms with van der Waals surface area (Å²) in [6.07, 6.45) is 4.36. The number of nitrogens with two attached hydrogens (primary N) is 1. The molecule has 0 bridgehead atoms. The summed E-state index contributed by atoms with van der Waals surface area (Å²) < 4.78 is 0. The largest absolute Gasteiger partial charge is 0.397 e. The lowest BCUT2D eigenvalue weighted by atomic mass is 10.1. The number of benzene rings is 2. The molecule has 1 aromatic heterocycles. The molecular formula is C23H25N5O. The van der Waals surface area contributed by atoms with E-state index in [1.807, 2.05) is 59.5 Å². The van der Waals surface area contributed by atoms with Crippen molar-refractivity contribution in [2.45, 2.75) is 19.0 Å². The van der Waals surface area contributed by atoms with Crippen molar-refractivity contribution in [2.24, 2.45) is 0 Å². The molecule has 0 radical (unpaired) electrons. The van der Waals surface area contributed by atoms with Crippen molar-refractivity contribution in [1.82, 2.24) is 10.3 Å². The van der Waals surface area contributed by atoms with Crippen LogP contribution >= 0.6 is 0 Å². The number of pyridine rings is 1. The lowest BCUT2D eigenvalue weighted by Crippen LogP contribution is -2.47. The van der Waals surface area contributed by atoms with Gasteiger partial charge >= 0.3 is 6.03 Å². The number of rotatable bonds is 5. The fourth-order valence-corrected chi connectivity index (χ4v) is 3.77. The van der Waals surface area contributed by atoms with Crippen molar-refractivity contribution >= 4 is 23.1 Å². The van der Waals surface area contributed by atoms with Crippen LogP contribution in [0.15, 0.2) is 79.1 Å². The minimum absolute atomic E-state index is 0.0359. The molecule has 1 fully saturated rings. The van der Waals surface area contributed by atoms with Gasteiger partial charge < -0.3 is 16.0 Å². The number of carbonyl (C=O) groups excluding carboxylic acids is 1. The SMILES string of the molecule is Nc1ccccc1N(C(=O)NCc1cccnc1)[C@H]1CCN(c2ccccc2)C1. The van der Waals surface area contributed by atoms with Gasteiger partial charge in [0.15, 0.2) is 0 Å². The van der Waals surface area contributed by atoms with Gasteiger partial charge in [0.25, 0.3) is 0 Å². The summed E-state index contributed by atoms with van der Waals surface area (Å²) in [4.78, 5) is 21.5. The topological polar surface area (TPSA) is 74.5 Å². The Bertz CT molecular complexity index is 948. The van der Waals surface area contributed by atoms with E-state index in [1.54, 1.807) is 12.4 Å². The molecule has 148 valence electrons. The van der Waals surface area contributed by atoms with E-state index in [0.717, 1.165) is 30.8 Å². The van der Waals surface area contributed by atoms with E-state index >= 15 is 0 Å². The van der Waals surface area contributed by atoms with Crippen molar-refractivity contribution in [3.8, 4) is 0 Å².